The maximum atomic E-state index is 13.4. The number of hydrogen-bond acceptors (Lipinski definition) is 3. The summed E-state index contributed by atoms with van der Waals surface area (Å²) < 4.78 is 51.5. The Morgan fingerprint density at radius 3 is 2.93 bits per heavy atom. The van der Waals surface area contributed by atoms with E-state index >= 15 is 0 Å². The highest BCUT2D eigenvalue weighted by Gasteiger charge is 2.44. The first-order valence-electron chi connectivity index (χ1n) is 10.4. The Hall–Kier alpha value is -3.71. The van der Waals surface area contributed by atoms with Gasteiger partial charge >= 0.3 is 0 Å². The predicted octanol–water partition coefficient (Wildman–Crippen LogP) is 3.64. The van der Waals surface area contributed by atoms with Gasteiger partial charge in [0.15, 0.2) is 0 Å². The first-order valence-corrected chi connectivity index (χ1v) is 8.89. The number of imidazole rings is 1. The molecule has 3 heterocycles. The van der Waals surface area contributed by atoms with E-state index in [0.29, 0.717) is 28.0 Å². The van der Waals surface area contributed by atoms with E-state index in [2.05, 4.69) is 17.0 Å². The van der Waals surface area contributed by atoms with Gasteiger partial charge in [0.05, 0.1) is 34.7 Å². The molecule has 2 aliphatic rings. The van der Waals surface area contributed by atoms with Gasteiger partial charge in [-0.3, -0.25) is 4.79 Å². The Kier molecular flexibility index (Phi) is 3.03. The van der Waals surface area contributed by atoms with Crippen molar-refractivity contribution in [1.82, 2.24) is 14.5 Å². The Balaban J connectivity index is 1.86. The van der Waals surface area contributed by atoms with Crippen molar-refractivity contribution in [1.29, 1.82) is 5.26 Å². The van der Waals surface area contributed by atoms with Crippen LogP contribution in [0.25, 0.3) is 11.0 Å². The molecule has 29 heavy (non-hydrogen) atoms. The summed E-state index contributed by atoms with van der Waals surface area (Å²) in [7, 11) is 0. The molecule has 2 aliphatic heterocycles. The Labute approximate surface area is 169 Å². The summed E-state index contributed by atoms with van der Waals surface area (Å²) in [5.41, 5.74) is 2.29. The predicted molar refractivity (Wildman–Crippen MR) is 101 cm³/mol. The van der Waals surface area contributed by atoms with Crippen LogP contribution in [0.1, 0.15) is 55.5 Å². The van der Waals surface area contributed by atoms with Gasteiger partial charge in [0, 0.05) is 34.2 Å². The maximum absolute atomic E-state index is 13.4. The zero-order chi connectivity index (χ0) is 22.8. The molecule has 0 spiro atoms. The summed E-state index contributed by atoms with van der Waals surface area (Å²) in [6, 6.07) is 10.1. The van der Waals surface area contributed by atoms with Crippen molar-refractivity contribution in [3.63, 3.8) is 0 Å². The third-order valence-corrected chi connectivity index (χ3v) is 5.42. The molecule has 0 saturated carbocycles. The number of amides is 1. The molecule has 0 fully saturated rings. The van der Waals surface area contributed by atoms with Gasteiger partial charge in [-0.1, -0.05) is 12.0 Å². The fraction of sp³-hybridized carbons (Fsp3) is 0.227. The van der Waals surface area contributed by atoms with Crippen LogP contribution in [0.5, 0.6) is 0 Å². The standard InChI is InChI=1S/C22H14F2N4O/c1-27-18-10-17(28-16-9-12(11-25)5-7-15(16)26-21(18)28)20-13(6-8-19(23)24)3-2-4-14(20)22(27)29/h2-5,7,9,17-19H,10H2,1H3/t17-,18-/m1/s1/i1D3. The minimum atomic E-state index is -2.86. The van der Waals surface area contributed by atoms with Crippen molar-refractivity contribution in [2.24, 2.45) is 0 Å². The molecular formula is C22H14F2N4O. The average Bonchev–Trinajstić information content (AvgIpc) is 3.23. The second kappa shape index (κ2) is 6.15. The normalized spacial score (nSPS) is 21.4. The van der Waals surface area contributed by atoms with E-state index in [0.717, 1.165) is 4.90 Å². The molecule has 0 saturated heterocycles. The van der Waals surface area contributed by atoms with Crippen LogP contribution >= 0.6 is 0 Å². The molecule has 0 radical (unpaired) electrons. The van der Waals surface area contributed by atoms with Gasteiger partial charge in [-0.25, -0.2) is 4.98 Å². The number of rotatable bonds is 0. The van der Waals surface area contributed by atoms with Gasteiger partial charge in [-0.2, -0.15) is 14.0 Å². The summed E-state index contributed by atoms with van der Waals surface area (Å²) in [5.74, 6) is 3.95. The lowest BCUT2D eigenvalue weighted by Gasteiger charge is -2.24. The highest BCUT2D eigenvalue weighted by Crippen LogP contribution is 2.48. The molecule has 0 unspecified atom stereocenters. The SMILES string of the molecule is [2H]C([2H])([2H])N1C(=O)c2cccc(C#CC(F)F)c2[C@H]2C[C@@H]1c1nc3ccc(C#N)cc3n12. The highest BCUT2D eigenvalue weighted by atomic mass is 19.3. The second-order valence-electron chi connectivity index (χ2n) is 6.93. The second-order valence-corrected chi connectivity index (χ2v) is 6.93. The van der Waals surface area contributed by atoms with E-state index in [-0.39, 0.29) is 17.5 Å². The third kappa shape index (κ3) is 2.44. The van der Waals surface area contributed by atoms with Gasteiger partial charge in [-0.15, -0.1) is 0 Å². The fourth-order valence-corrected chi connectivity index (χ4v) is 4.26. The Morgan fingerprint density at radius 1 is 1.31 bits per heavy atom. The van der Waals surface area contributed by atoms with Crippen molar-refractivity contribution < 1.29 is 17.7 Å². The first kappa shape index (κ1) is 14.3. The summed E-state index contributed by atoms with van der Waals surface area (Å²) in [4.78, 5) is 18.8. The van der Waals surface area contributed by atoms with Crippen LogP contribution in [0.4, 0.5) is 8.78 Å². The van der Waals surface area contributed by atoms with Crippen LogP contribution in [0, 0.1) is 23.2 Å². The summed E-state index contributed by atoms with van der Waals surface area (Å²) in [6.45, 7) is -2.75. The van der Waals surface area contributed by atoms with E-state index in [4.69, 9.17) is 4.11 Å². The average molecular weight is 391 g/mol. The number of alkyl halides is 2. The molecule has 2 aromatic carbocycles. The van der Waals surface area contributed by atoms with Crippen molar-refractivity contribution in [2.45, 2.75) is 24.9 Å². The Morgan fingerprint density at radius 2 is 2.17 bits per heavy atom. The largest absolute Gasteiger partial charge is 0.331 e. The van der Waals surface area contributed by atoms with Crippen LogP contribution in [0.2, 0.25) is 0 Å². The van der Waals surface area contributed by atoms with Gasteiger partial charge < -0.3 is 9.47 Å². The number of nitriles is 1. The van der Waals surface area contributed by atoms with Crippen molar-refractivity contribution in [3.05, 3.63) is 64.5 Å². The number of hydrogen-bond donors (Lipinski definition) is 0. The zero-order valence-corrected chi connectivity index (χ0v) is 14.9. The van der Waals surface area contributed by atoms with Crippen molar-refractivity contribution >= 4 is 16.9 Å². The number of aromatic nitrogens is 2. The number of fused-ring (bicyclic) bond motifs is 9. The summed E-state index contributed by atoms with van der Waals surface area (Å²) in [5, 5.41) is 9.33. The number of halogens is 2. The quantitative estimate of drug-likeness (QED) is 0.550. The van der Waals surface area contributed by atoms with Gasteiger partial charge in [0.25, 0.3) is 12.3 Å². The van der Waals surface area contributed by atoms with Crippen molar-refractivity contribution in [3.8, 4) is 17.9 Å². The minimum absolute atomic E-state index is 0.110. The lowest BCUT2D eigenvalue weighted by molar-refractivity contribution is 0.0734. The van der Waals surface area contributed by atoms with E-state index < -0.39 is 31.4 Å². The molecule has 0 aliphatic carbocycles. The third-order valence-electron chi connectivity index (χ3n) is 5.42. The lowest BCUT2D eigenvalue weighted by atomic mass is 9.93. The molecule has 142 valence electrons. The maximum Gasteiger partial charge on any atom is 0.299 e. The molecule has 5 rings (SSSR count). The number of benzene rings is 2. The minimum Gasteiger partial charge on any atom is -0.331 e. The first-order chi connectivity index (χ1) is 15.2. The van der Waals surface area contributed by atoms with Crippen molar-refractivity contribution in [2.75, 3.05) is 6.98 Å². The van der Waals surface area contributed by atoms with Crippen LogP contribution in [0.3, 0.4) is 0 Å². The molecule has 1 amide bonds. The Bertz CT molecular complexity index is 1390. The number of nitrogens with zero attached hydrogens (tertiary/aromatic N) is 4. The van der Waals surface area contributed by atoms with Crippen LogP contribution in [-0.4, -0.2) is 33.8 Å². The molecule has 0 N–H and O–H groups in total. The van der Waals surface area contributed by atoms with Crippen LogP contribution in [-0.2, 0) is 0 Å². The zero-order valence-electron chi connectivity index (χ0n) is 17.9. The van der Waals surface area contributed by atoms with E-state index in [1.54, 1.807) is 28.8 Å². The molecule has 5 nitrogen and oxygen atoms in total. The molecule has 3 aromatic rings. The van der Waals surface area contributed by atoms with Crippen LogP contribution < -0.4 is 0 Å². The summed E-state index contributed by atoms with van der Waals surface area (Å²) in [6.07, 6.45) is -2.65. The lowest BCUT2D eigenvalue weighted by Crippen LogP contribution is -2.30. The van der Waals surface area contributed by atoms with E-state index in [9.17, 15) is 18.8 Å². The van der Waals surface area contributed by atoms with Gasteiger partial charge in [0.2, 0.25) is 0 Å². The molecule has 7 heteroatoms. The highest BCUT2D eigenvalue weighted by molar-refractivity contribution is 5.97. The van der Waals surface area contributed by atoms with E-state index in [1.807, 2.05) is 5.92 Å². The topological polar surface area (TPSA) is 61.9 Å². The smallest absolute Gasteiger partial charge is 0.299 e. The number of carbonyl (C=O) groups excluding carboxylic acids is 1. The van der Waals surface area contributed by atoms with Gasteiger partial charge in [0.1, 0.15) is 5.82 Å². The molecule has 2 atom stereocenters. The summed E-state index contributed by atoms with van der Waals surface area (Å²) >= 11 is 0. The molecular weight excluding hydrogens is 374 g/mol. The van der Waals surface area contributed by atoms with Gasteiger partial charge in [-0.05, 0) is 36.3 Å². The van der Waals surface area contributed by atoms with Crippen LogP contribution in [0.15, 0.2) is 36.4 Å². The molecule has 2 bridgehead atoms. The molecule has 1 aromatic heterocycles. The van der Waals surface area contributed by atoms with E-state index in [1.165, 1.54) is 12.1 Å². The number of carbonyl (C=O) groups is 1. The monoisotopic (exact) mass is 391 g/mol. The fourth-order valence-electron chi connectivity index (χ4n) is 4.26.